The molecule has 0 fully saturated rings. The minimum Gasteiger partial charge on any atom is -0.321 e. The Morgan fingerprint density at radius 3 is 3.30 bits per heavy atom. The zero-order valence-electron chi connectivity index (χ0n) is 5.11. The third-order valence-corrected chi connectivity index (χ3v) is 1.33. The highest BCUT2D eigenvalue weighted by atomic mass is 16.1. The second-order valence-corrected chi connectivity index (χ2v) is 1.99. The van der Waals surface area contributed by atoms with Crippen molar-refractivity contribution in [3.63, 3.8) is 0 Å². The molecule has 2 aromatic heterocycles. The van der Waals surface area contributed by atoms with Gasteiger partial charge in [0.15, 0.2) is 6.29 Å². The fourth-order valence-corrected chi connectivity index (χ4v) is 0.885. The third-order valence-electron chi connectivity index (χ3n) is 1.33. The number of fused-ring (bicyclic) bond motifs is 1. The molecule has 1 N–H and O–H groups in total. The van der Waals surface area contributed by atoms with Gasteiger partial charge in [0.2, 0.25) is 5.78 Å². The molecule has 2 rings (SSSR count). The molecule has 0 saturated carbocycles. The van der Waals surface area contributed by atoms with Crippen molar-refractivity contribution in [2.75, 3.05) is 0 Å². The van der Waals surface area contributed by atoms with Crippen molar-refractivity contribution in [1.82, 2.24) is 14.4 Å². The second kappa shape index (κ2) is 1.70. The summed E-state index contributed by atoms with van der Waals surface area (Å²) in [5.41, 5.74) is 0.545. The predicted molar refractivity (Wildman–Crippen MR) is 34.9 cm³/mol. The van der Waals surface area contributed by atoms with E-state index in [1.54, 1.807) is 23.0 Å². The van der Waals surface area contributed by atoms with Gasteiger partial charge in [-0.05, 0) is 0 Å². The first-order valence-electron chi connectivity index (χ1n) is 2.87. The largest absolute Gasteiger partial charge is 0.321 e. The zero-order valence-corrected chi connectivity index (χ0v) is 5.11. The number of aromatic amines is 1. The maximum absolute atomic E-state index is 10.2. The maximum Gasteiger partial charge on any atom is 0.211 e. The Morgan fingerprint density at radius 1 is 1.70 bits per heavy atom. The zero-order chi connectivity index (χ0) is 6.97. The molecule has 0 amide bonds. The van der Waals surface area contributed by atoms with Crippen LogP contribution in [0.3, 0.4) is 0 Å². The van der Waals surface area contributed by atoms with Crippen LogP contribution in [0, 0.1) is 0 Å². The molecular formula is C6H5N3O. The van der Waals surface area contributed by atoms with Crippen molar-refractivity contribution >= 4 is 12.1 Å². The van der Waals surface area contributed by atoms with Crippen LogP contribution < -0.4 is 0 Å². The Morgan fingerprint density at radius 2 is 2.60 bits per heavy atom. The summed E-state index contributed by atoms with van der Waals surface area (Å²) in [5.74, 6) is 0.696. The molecule has 2 heterocycles. The number of imidazole rings is 2. The number of rotatable bonds is 1. The van der Waals surface area contributed by atoms with Gasteiger partial charge in [0.05, 0.1) is 5.69 Å². The highest BCUT2D eigenvalue weighted by molar-refractivity contribution is 5.72. The van der Waals surface area contributed by atoms with Gasteiger partial charge in [-0.1, -0.05) is 0 Å². The van der Waals surface area contributed by atoms with Gasteiger partial charge in [0, 0.05) is 18.6 Å². The molecule has 4 nitrogen and oxygen atoms in total. The molecule has 0 spiro atoms. The van der Waals surface area contributed by atoms with Crippen LogP contribution in [0.4, 0.5) is 0 Å². The van der Waals surface area contributed by atoms with Gasteiger partial charge in [0.25, 0.3) is 0 Å². The smallest absolute Gasteiger partial charge is 0.211 e. The lowest BCUT2D eigenvalue weighted by molar-refractivity contribution is 0.111. The van der Waals surface area contributed by atoms with E-state index >= 15 is 0 Å². The van der Waals surface area contributed by atoms with E-state index < -0.39 is 0 Å². The Hall–Kier alpha value is -1.58. The number of H-pyrrole nitrogens is 1. The van der Waals surface area contributed by atoms with Crippen LogP contribution in [0.2, 0.25) is 0 Å². The third kappa shape index (κ3) is 0.556. The molecule has 10 heavy (non-hydrogen) atoms. The first kappa shape index (κ1) is 5.22. The molecule has 0 radical (unpaired) electrons. The minimum absolute atomic E-state index is 0.545. The van der Waals surface area contributed by atoms with Crippen LogP contribution in [-0.2, 0) is 0 Å². The number of nitrogens with one attached hydrogen (secondary N) is 1. The van der Waals surface area contributed by atoms with E-state index in [1.165, 1.54) is 0 Å². The molecule has 0 unspecified atom stereocenters. The average Bonchev–Trinajstić information content (AvgIpc) is 2.42. The monoisotopic (exact) mass is 135 g/mol. The molecule has 0 atom stereocenters. The summed E-state index contributed by atoms with van der Waals surface area (Å²) in [6.45, 7) is 0. The van der Waals surface area contributed by atoms with Gasteiger partial charge in [-0.25, -0.2) is 4.98 Å². The molecule has 0 bridgehead atoms. The maximum atomic E-state index is 10.2. The number of carbonyl (C=O) groups is 1. The number of hydrogen-bond acceptors (Lipinski definition) is 2. The van der Waals surface area contributed by atoms with Crippen LogP contribution >= 0.6 is 0 Å². The van der Waals surface area contributed by atoms with Gasteiger partial charge >= 0.3 is 0 Å². The summed E-state index contributed by atoms with van der Waals surface area (Å²) < 4.78 is 1.75. The molecule has 50 valence electrons. The summed E-state index contributed by atoms with van der Waals surface area (Å²) in [4.78, 5) is 16.9. The molecule has 0 aromatic carbocycles. The van der Waals surface area contributed by atoms with Crippen LogP contribution in [0.5, 0.6) is 0 Å². The lowest BCUT2D eigenvalue weighted by Gasteiger charge is -1.72. The van der Waals surface area contributed by atoms with Crippen LogP contribution in [-0.4, -0.2) is 20.7 Å². The van der Waals surface area contributed by atoms with Gasteiger partial charge in [0.1, 0.15) is 0 Å². The van der Waals surface area contributed by atoms with E-state index in [-0.39, 0.29) is 0 Å². The first-order chi connectivity index (χ1) is 4.90. The van der Waals surface area contributed by atoms with E-state index in [4.69, 9.17) is 0 Å². The predicted octanol–water partition coefficient (Wildman–Crippen LogP) is 0.475. The summed E-state index contributed by atoms with van der Waals surface area (Å²) in [6.07, 6.45) is 5.89. The van der Waals surface area contributed by atoms with Crippen molar-refractivity contribution in [1.29, 1.82) is 0 Å². The molecule has 4 heteroatoms. The number of aromatic nitrogens is 3. The fraction of sp³-hybridized carbons (Fsp3) is 0. The van der Waals surface area contributed by atoms with Gasteiger partial charge in [-0.3, -0.25) is 9.20 Å². The topological polar surface area (TPSA) is 50.2 Å². The summed E-state index contributed by atoms with van der Waals surface area (Å²) in [7, 11) is 0. The Balaban J connectivity index is 2.78. The second-order valence-electron chi connectivity index (χ2n) is 1.99. The molecule has 0 saturated heterocycles. The number of nitrogens with zero attached hydrogens (tertiary/aromatic N) is 2. The van der Waals surface area contributed by atoms with Gasteiger partial charge in [-0.2, -0.15) is 0 Å². The van der Waals surface area contributed by atoms with E-state index in [0.717, 1.165) is 6.29 Å². The van der Waals surface area contributed by atoms with E-state index in [0.29, 0.717) is 11.5 Å². The van der Waals surface area contributed by atoms with E-state index in [2.05, 4.69) is 9.97 Å². The van der Waals surface area contributed by atoms with Crippen molar-refractivity contribution < 1.29 is 4.79 Å². The quantitative estimate of drug-likeness (QED) is 0.578. The van der Waals surface area contributed by atoms with Crippen molar-refractivity contribution in [2.45, 2.75) is 0 Å². The Bertz CT molecular complexity index is 331. The highest BCUT2D eigenvalue weighted by Crippen LogP contribution is 1.98. The molecule has 0 aliphatic carbocycles. The normalized spacial score (nSPS) is 10.4. The molecule has 0 aliphatic heterocycles. The van der Waals surface area contributed by atoms with E-state index in [9.17, 15) is 4.79 Å². The van der Waals surface area contributed by atoms with Gasteiger partial charge in [-0.15, -0.1) is 0 Å². The SMILES string of the molecule is O=Cc1cn2ccnc2[nH]1. The number of carbonyl (C=O) groups excluding carboxylic acids is 1. The highest BCUT2D eigenvalue weighted by Gasteiger charge is 1.96. The van der Waals surface area contributed by atoms with Crippen molar-refractivity contribution in [3.05, 3.63) is 24.3 Å². The number of aldehydes is 1. The van der Waals surface area contributed by atoms with Crippen molar-refractivity contribution in [3.8, 4) is 0 Å². The average molecular weight is 135 g/mol. The van der Waals surface area contributed by atoms with Crippen LogP contribution in [0.25, 0.3) is 5.78 Å². The van der Waals surface area contributed by atoms with Gasteiger partial charge < -0.3 is 4.98 Å². The minimum atomic E-state index is 0.545. The lowest BCUT2D eigenvalue weighted by Crippen LogP contribution is -1.75. The standard InChI is InChI=1S/C6H5N3O/c10-4-5-3-9-2-1-7-6(9)8-5/h1-4H,(H,7,8). The summed E-state index contributed by atoms with van der Waals surface area (Å²) in [6, 6.07) is 0. The van der Waals surface area contributed by atoms with E-state index in [1.807, 2.05) is 0 Å². The Labute approximate surface area is 56.5 Å². The lowest BCUT2D eigenvalue weighted by atomic mass is 10.5. The molecule has 0 aliphatic rings. The van der Waals surface area contributed by atoms with Crippen molar-refractivity contribution in [2.24, 2.45) is 0 Å². The first-order valence-corrected chi connectivity index (χ1v) is 2.87. The molecular weight excluding hydrogens is 130 g/mol. The summed E-state index contributed by atoms with van der Waals surface area (Å²) in [5, 5.41) is 0. The van der Waals surface area contributed by atoms with Crippen LogP contribution in [0.1, 0.15) is 10.5 Å². The fourth-order valence-electron chi connectivity index (χ4n) is 0.885. The Kier molecular flexibility index (Phi) is 0.887. The number of hydrogen-bond donors (Lipinski definition) is 1. The summed E-state index contributed by atoms with van der Waals surface area (Å²) >= 11 is 0. The molecule has 2 aromatic rings. The van der Waals surface area contributed by atoms with Crippen LogP contribution in [0.15, 0.2) is 18.6 Å².